The molecule has 1 saturated heterocycles. The van der Waals surface area contributed by atoms with Crippen molar-refractivity contribution < 1.29 is 14.3 Å². The fraction of sp³-hybridized carbons (Fsp3) is 0.667. The summed E-state index contributed by atoms with van der Waals surface area (Å²) < 4.78 is 4.66. The van der Waals surface area contributed by atoms with Gasteiger partial charge in [0.15, 0.2) is 0 Å². The lowest BCUT2D eigenvalue weighted by atomic mass is 9.84. The summed E-state index contributed by atoms with van der Waals surface area (Å²) in [5.74, 6) is -3.51. The predicted octanol–water partition coefficient (Wildman–Crippen LogP) is 3.75. The summed E-state index contributed by atoms with van der Waals surface area (Å²) in [7, 11) is 0. The third-order valence-electron chi connectivity index (χ3n) is 4.48. The molecule has 1 heterocycles. The number of alkyl halides is 3. The maximum absolute atomic E-state index is 12.0. The number of hydrogen-bond donors (Lipinski definition) is 0. The van der Waals surface area contributed by atoms with Crippen LogP contribution >= 0.6 is 58.0 Å². The van der Waals surface area contributed by atoms with Crippen molar-refractivity contribution in [2.45, 2.75) is 34.4 Å². The number of cyclic esters (lactones) is 2. The minimum atomic E-state index is -1.52. The van der Waals surface area contributed by atoms with Crippen LogP contribution in [-0.2, 0) is 14.3 Å². The quantitative estimate of drug-likeness (QED) is 0.418. The average Bonchev–Trinajstić information content (AvgIpc) is 2.79. The molecular weight excluding hydrogens is 369 g/mol. The molecule has 2 fully saturated rings. The van der Waals surface area contributed by atoms with Gasteiger partial charge >= 0.3 is 11.9 Å². The lowest BCUT2D eigenvalue weighted by Crippen LogP contribution is -2.51. The Morgan fingerprint density at radius 2 is 1.40 bits per heavy atom. The number of allylic oxidation sites excluding steroid dienone is 2. The van der Waals surface area contributed by atoms with Gasteiger partial charge < -0.3 is 4.74 Å². The van der Waals surface area contributed by atoms with Crippen molar-refractivity contribution in [2.24, 2.45) is 11.8 Å². The van der Waals surface area contributed by atoms with Crippen molar-refractivity contribution in [3.63, 3.8) is 0 Å². The second kappa shape index (κ2) is 4.20. The van der Waals surface area contributed by atoms with Gasteiger partial charge in [-0.2, -0.15) is 0 Å². The van der Waals surface area contributed by atoms with Gasteiger partial charge in [-0.05, 0) is 6.42 Å². The van der Waals surface area contributed by atoms with Gasteiger partial charge in [0.05, 0.1) is 26.8 Å². The van der Waals surface area contributed by atoms with Crippen LogP contribution in [0.1, 0.15) is 19.8 Å². The van der Waals surface area contributed by atoms with Crippen molar-refractivity contribution in [3.05, 3.63) is 10.1 Å². The molecule has 110 valence electrons. The highest BCUT2D eigenvalue weighted by Gasteiger charge is 2.87. The first-order valence-electron chi connectivity index (χ1n) is 6.06. The zero-order valence-electron chi connectivity index (χ0n) is 10.2. The van der Waals surface area contributed by atoms with Crippen LogP contribution < -0.4 is 0 Å². The molecule has 0 spiro atoms. The Labute approximate surface area is 140 Å². The SMILES string of the molecule is CCCC1(Cl)[C@@]2(Cl)C(Cl)=C(Cl)[C@@]1(Cl)[C@H]1C(=O)OC(=O)[C@@H]12. The molecule has 20 heavy (non-hydrogen) atoms. The molecule has 8 heteroatoms. The van der Waals surface area contributed by atoms with Crippen LogP contribution in [0, 0.1) is 11.8 Å². The number of hydrogen-bond acceptors (Lipinski definition) is 3. The first-order valence-corrected chi connectivity index (χ1v) is 7.95. The molecule has 2 aliphatic carbocycles. The zero-order chi connectivity index (χ0) is 15.1. The Hall–Kier alpha value is 0.330. The molecule has 0 unspecified atom stereocenters. The maximum Gasteiger partial charge on any atom is 0.319 e. The molecule has 0 aromatic rings. The molecule has 4 atom stereocenters. The number of esters is 2. The number of carbonyl (C=O) groups excluding carboxylic acids is 2. The van der Waals surface area contributed by atoms with E-state index in [1.54, 1.807) is 0 Å². The minimum Gasteiger partial charge on any atom is -0.393 e. The van der Waals surface area contributed by atoms with E-state index in [4.69, 9.17) is 58.0 Å². The summed E-state index contributed by atoms with van der Waals surface area (Å²) >= 11 is 32.4. The molecule has 0 radical (unpaired) electrons. The van der Waals surface area contributed by atoms with Crippen molar-refractivity contribution in [3.8, 4) is 0 Å². The molecule has 0 aromatic heterocycles. The Kier molecular flexibility index (Phi) is 3.20. The Morgan fingerprint density at radius 1 is 1.00 bits per heavy atom. The smallest absolute Gasteiger partial charge is 0.319 e. The van der Waals surface area contributed by atoms with Crippen LogP contribution in [-0.4, -0.2) is 26.6 Å². The van der Waals surface area contributed by atoms with E-state index in [-0.39, 0.29) is 10.1 Å². The summed E-state index contributed by atoms with van der Waals surface area (Å²) in [5.41, 5.74) is 0. The minimum absolute atomic E-state index is 0.0344. The first kappa shape index (κ1) is 15.2. The van der Waals surface area contributed by atoms with Gasteiger partial charge in [-0.3, -0.25) is 9.59 Å². The maximum atomic E-state index is 12.0. The van der Waals surface area contributed by atoms with Crippen LogP contribution in [0.2, 0.25) is 0 Å². The Morgan fingerprint density at radius 3 is 1.75 bits per heavy atom. The van der Waals surface area contributed by atoms with Crippen LogP contribution in [0.15, 0.2) is 10.1 Å². The van der Waals surface area contributed by atoms with Crippen LogP contribution in [0.25, 0.3) is 0 Å². The molecule has 0 N–H and O–H groups in total. The monoisotopic (exact) mass is 376 g/mol. The van der Waals surface area contributed by atoms with E-state index < -0.39 is 38.4 Å². The second-order valence-corrected chi connectivity index (χ2v) is 7.89. The third-order valence-corrected chi connectivity index (χ3v) is 8.22. The van der Waals surface area contributed by atoms with Gasteiger partial charge in [0, 0.05) is 0 Å². The van der Waals surface area contributed by atoms with E-state index in [0.29, 0.717) is 12.8 Å². The fourth-order valence-corrected chi connectivity index (χ4v) is 6.51. The molecule has 3 nitrogen and oxygen atoms in total. The second-order valence-electron chi connectivity index (χ2n) is 5.30. The summed E-state index contributed by atoms with van der Waals surface area (Å²) in [5, 5.41) is 0.0689. The lowest BCUT2D eigenvalue weighted by Gasteiger charge is -2.38. The number of rotatable bonds is 2. The standard InChI is InChI=1S/C12H9Cl5O3/c1-2-3-10(15)11(16)4-5(9(19)20-8(4)18)12(10,17)7(14)6(11)13/h4-5H,2-3H2,1H3/t4-,5-,11+,12+/m1/s1. The van der Waals surface area contributed by atoms with E-state index in [1.807, 2.05) is 6.92 Å². The molecule has 0 aromatic carbocycles. The van der Waals surface area contributed by atoms with Crippen molar-refractivity contribution in [1.29, 1.82) is 0 Å². The highest BCUT2D eigenvalue weighted by molar-refractivity contribution is 6.58. The molecule has 1 aliphatic heterocycles. The molecule has 1 saturated carbocycles. The summed E-state index contributed by atoms with van der Waals surface area (Å²) in [6.45, 7) is 1.89. The van der Waals surface area contributed by atoms with Gasteiger partial charge in [0.1, 0.15) is 9.75 Å². The van der Waals surface area contributed by atoms with Gasteiger partial charge in [-0.25, -0.2) is 0 Å². The van der Waals surface area contributed by atoms with Crippen LogP contribution in [0.5, 0.6) is 0 Å². The molecule has 2 bridgehead atoms. The predicted molar refractivity (Wildman–Crippen MR) is 77.5 cm³/mol. The highest BCUT2D eigenvalue weighted by Crippen LogP contribution is 2.77. The molecular formula is C12H9Cl5O3. The van der Waals surface area contributed by atoms with E-state index in [1.165, 1.54) is 0 Å². The largest absolute Gasteiger partial charge is 0.393 e. The number of halogens is 5. The lowest BCUT2D eigenvalue weighted by molar-refractivity contribution is -0.154. The Balaban J connectivity index is 2.32. The zero-order valence-corrected chi connectivity index (χ0v) is 14.0. The average molecular weight is 378 g/mol. The van der Waals surface area contributed by atoms with Crippen molar-refractivity contribution in [2.75, 3.05) is 0 Å². The molecule has 3 aliphatic rings. The molecule has 3 rings (SSSR count). The number of carbonyl (C=O) groups is 2. The summed E-state index contributed by atoms with van der Waals surface area (Å²) in [6.07, 6.45) is 1.00. The Bertz CT molecular complexity index is 531. The number of ether oxygens (including phenoxy) is 1. The van der Waals surface area contributed by atoms with Crippen LogP contribution in [0.4, 0.5) is 0 Å². The third kappa shape index (κ3) is 1.25. The van der Waals surface area contributed by atoms with E-state index in [2.05, 4.69) is 4.74 Å². The van der Waals surface area contributed by atoms with Gasteiger partial charge in [0.2, 0.25) is 0 Å². The number of fused-ring (bicyclic) bond motifs is 5. The van der Waals surface area contributed by atoms with E-state index >= 15 is 0 Å². The summed E-state index contributed by atoms with van der Waals surface area (Å²) in [4.78, 5) is 19.6. The normalized spacial score (nSPS) is 49.9. The first-order chi connectivity index (χ1) is 9.17. The van der Waals surface area contributed by atoms with E-state index in [9.17, 15) is 9.59 Å². The van der Waals surface area contributed by atoms with E-state index in [0.717, 1.165) is 0 Å². The topological polar surface area (TPSA) is 43.4 Å². The van der Waals surface area contributed by atoms with Crippen LogP contribution in [0.3, 0.4) is 0 Å². The van der Waals surface area contributed by atoms with Gasteiger partial charge in [0.25, 0.3) is 0 Å². The van der Waals surface area contributed by atoms with Gasteiger partial charge in [-0.15, -0.1) is 34.8 Å². The van der Waals surface area contributed by atoms with Crippen molar-refractivity contribution >= 4 is 69.9 Å². The fourth-order valence-electron chi connectivity index (χ4n) is 3.69. The van der Waals surface area contributed by atoms with Crippen molar-refractivity contribution in [1.82, 2.24) is 0 Å². The summed E-state index contributed by atoms with van der Waals surface area (Å²) in [6, 6.07) is 0. The highest BCUT2D eigenvalue weighted by atomic mass is 35.5. The van der Waals surface area contributed by atoms with Gasteiger partial charge in [-0.1, -0.05) is 36.5 Å². The molecule has 0 amide bonds.